The van der Waals surface area contributed by atoms with E-state index in [4.69, 9.17) is 0 Å². The molecule has 22 heavy (non-hydrogen) atoms. The van der Waals surface area contributed by atoms with Crippen LogP contribution in [0.5, 0.6) is 0 Å². The lowest BCUT2D eigenvalue weighted by atomic mass is 10.0. The lowest BCUT2D eigenvalue weighted by Gasteiger charge is -2.21. The van der Waals surface area contributed by atoms with Gasteiger partial charge in [-0.25, -0.2) is 4.79 Å². The first-order chi connectivity index (χ1) is 10.6. The molecule has 1 N–H and O–H groups in total. The van der Waals surface area contributed by atoms with Crippen LogP contribution in [-0.2, 0) is 6.42 Å². The first-order valence-electron chi connectivity index (χ1n) is 7.59. The van der Waals surface area contributed by atoms with E-state index < -0.39 is 0 Å². The van der Waals surface area contributed by atoms with Crippen LogP contribution in [0.25, 0.3) is 10.8 Å². The van der Waals surface area contributed by atoms with E-state index in [1.807, 2.05) is 20.2 Å². The number of carbonyl (C=O) groups excluding carboxylic acids is 1. The van der Waals surface area contributed by atoms with Gasteiger partial charge in [0, 0.05) is 25.4 Å². The number of hydrogen-bond acceptors (Lipinski definition) is 2. The van der Waals surface area contributed by atoms with Gasteiger partial charge in [0.1, 0.15) is 0 Å². The number of benzene rings is 2. The minimum Gasteiger partial charge on any atom is -0.335 e. The second-order valence-corrected chi connectivity index (χ2v) is 6.53. The number of hydrogen-bond donors (Lipinski definition) is 1. The van der Waals surface area contributed by atoms with Gasteiger partial charge in [0.15, 0.2) is 0 Å². The number of nitrogens with zero attached hydrogens (tertiary/aromatic N) is 1. The molecule has 2 aromatic rings. The molecule has 0 saturated carbocycles. The summed E-state index contributed by atoms with van der Waals surface area (Å²) in [5.74, 6) is 0.933. The first kappa shape index (κ1) is 16.7. The molecule has 4 heteroatoms. The molecule has 0 aliphatic carbocycles. The minimum atomic E-state index is 0.00165. The summed E-state index contributed by atoms with van der Waals surface area (Å²) < 4.78 is 0. The zero-order valence-corrected chi connectivity index (χ0v) is 14.3. The molecule has 3 nitrogen and oxygen atoms in total. The maximum absolute atomic E-state index is 12.1. The van der Waals surface area contributed by atoms with Gasteiger partial charge in [-0.05, 0) is 35.9 Å². The predicted octanol–water partition coefficient (Wildman–Crippen LogP) is 3.78. The maximum Gasteiger partial charge on any atom is 0.317 e. The molecule has 0 fully saturated rings. The fourth-order valence-electron chi connectivity index (χ4n) is 2.51. The molecule has 0 saturated heterocycles. The zero-order chi connectivity index (χ0) is 15.9. The van der Waals surface area contributed by atoms with Gasteiger partial charge in [-0.2, -0.15) is 11.8 Å². The third-order valence-electron chi connectivity index (χ3n) is 3.73. The smallest absolute Gasteiger partial charge is 0.317 e. The number of nitrogens with one attached hydrogen (secondary N) is 1. The molecule has 0 spiro atoms. The van der Waals surface area contributed by atoms with Crippen LogP contribution in [0.1, 0.15) is 12.5 Å². The highest BCUT2D eigenvalue weighted by atomic mass is 32.2. The molecule has 2 aromatic carbocycles. The summed E-state index contributed by atoms with van der Waals surface area (Å²) >= 11 is 1.74. The number of fused-ring (bicyclic) bond motifs is 1. The number of rotatable bonds is 6. The second kappa shape index (κ2) is 8.08. The molecule has 0 aliphatic rings. The van der Waals surface area contributed by atoms with Gasteiger partial charge in [-0.15, -0.1) is 0 Å². The Morgan fingerprint density at radius 3 is 2.73 bits per heavy atom. The Morgan fingerprint density at radius 1 is 1.23 bits per heavy atom. The van der Waals surface area contributed by atoms with Crippen LogP contribution in [0.3, 0.4) is 0 Å². The largest absolute Gasteiger partial charge is 0.335 e. The molecule has 1 atom stereocenters. The van der Waals surface area contributed by atoms with Crippen LogP contribution in [0, 0.1) is 0 Å². The third kappa shape index (κ3) is 4.41. The van der Waals surface area contributed by atoms with Crippen molar-refractivity contribution in [1.82, 2.24) is 10.2 Å². The van der Waals surface area contributed by atoms with E-state index in [1.54, 1.807) is 16.7 Å². The average Bonchev–Trinajstić information content (AvgIpc) is 2.52. The molecular weight excluding hydrogens is 292 g/mol. The number of carbonyl (C=O) groups is 1. The van der Waals surface area contributed by atoms with Crippen LogP contribution in [-0.4, -0.2) is 42.6 Å². The molecule has 0 bridgehead atoms. The quantitative estimate of drug-likeness (QED) is 0.880. The Kier molecular flexibility index (Phi) is 6.13. The SMILES string of the molecule is CSCC(C)NC(=O)N(C)CCc1cccc2ccccc12. The Morgan fingerprint density at radius 2 is 1.95 bits per heavy atom. The van der Waals surface area contributed by atoms with Crippen molar-refractivity contribution in [3.05, 3.63) is 48.0 Å². The van der Waals surface area contributed by atoms with Crippen LogP contribution in [0.4, 0.5) is 4.79 Å². The van der Waals surface area contributed by atoms with Gasteiger partial charge in [-0.3, -0.25) is 0 Å². The summed E-state index contributed by atoms with van der Waals surface area (Å²) in [6.07, 6.45) is 2.91. The Labute approximate surface area is 137 Å². The predicted molar refractivity (Wildman–Crippen MR) is 96.7 cm³/mol. The molecule has 0 aromatic heterocycles. The van der Waals surface area contributed by atoms with Crippen molar-refractivity contribution in [2.75, 3.05) is 25.6 Å². The van der Waals surface area contributed by atoms with E-state index in [0.29, 0.717) is 6.54 Å². The second-order valence-electron chi connectivity index (χ2n) is 5.62. The average molecular weight is 316 g/mol. The van der Waals surface area contributed by atoms with E-state index in [-0.39, 0.29) is 12.1 Å². The topological polar surface area (TPSA) is 32.3 Å². The Hall–Kier alpha value is -1.68. The number of thioether (sulfide) groups is 1. The number of likely N-dealkylation sites (N-methyl/N-ethyl adjacent to an activating group) is 1. The minimum absolute atomic E-state index is 0.00165. The van der Waals surface area contributed by atoms with Crippen molar-refractivity contribution in [3.8, 4) is 0 Å². The Bertz CT molecular complexity index is 624. The first-order valence-corrected chi connectivity index (χ1v) is 8.98. The third-order valence-corrected chi connectivity index (χ3v) is 4.56. The van der Waals surface area contributed by atoms with E-state index in [9.17, 15) is 4.79 Å². The van der Waals surface area contributed by atoms with E-state index >= 15 is 0 Å². The molecule has 0 heterocycles. The molecule has 0 aliphatic heterocycles. The lowest BCUT2D eigenvalue weighted by molar-refractivity contribution is 0.207. The van der Waals surface area contributed by atoms with Crippen molar-refractivity contribution in [3.63, 3.8) is 0 Å². The van der Waals surface area contributed by atoms with E-state index in [0.717, 1.165) is 12.2 Å². The summed E-state index contributed by atoms with van der Waals surface area (Å²) in [6, 6.07) is 14.9. The highest BCUT2D eigenvalue weighted by molar-refractivity contribution is 7.98. The van der Waals surface area contributed by atoms with Gasteiger partial charge >= 0.3 is 6.03 Å². The summed E-state index contributed by atoms with van der Waals surface area (Å²) in [6.45, 7) is 2.75. The number of urea groups is 1. The summed E-state index contributed by atoms with van der Waals surface area (Å²) in [5.41, 5.74) is 1.29. The fourth-order valence-corrected chi connectivity index (χ4v) is 3.10. The highest BCUT2D eigenvalue weighted by Gasteiger charge is 2.12. The van der Waals surface area contributed by atoms with E-state index in [1.165, 1.54) is 16.3 Å². The van der Waals surface area contributed by atoms with Gasteiger partial charge in [0.25, 0.3) is 0 Å². The van der Waals surface area contributed by atoms with Gasteiger partial charge in [0.2, 0.25) is 0 Å². The van der Waals surface area contributed by atoms with Gasteiger partial charge in [-0.1, -0.05) is 42.5 Å². The van der Waals surface area contributed by atoms with E-state index in [2.05, 4.69) is 47.8 Å². The molecular formula is C18H24N2OS. The van der Waals surface area contributed by atoms with Crippen molar-refractivity contribution in [1.29, 1.82) is 0 Å². The van der Waals surface area contributed by atoms with Crippen molar-refractivity contribution < 1.29 is 4.79 Å². The van der Waals surface area contributed by atoms with Gasteiger partial charge < -0.3 is 10.2 Å². The van der Waals surface area contributed by atoms with Crippen LogP contribution >= 0.6 is 11.8 Å². The van der Waals surface area contributed by atoms with Crippen molar-refractivity contribution >= 4 is 28.6 Å². The molecule has 1 unspecified atom stereocenters. The standard InChI is InChI=1S/C18H24N2OS/c1-14(13-22-3)19-18(21)20(2)12-11-16-9-6-8-15-7-4-5-10-17(15)16/h4-10,14H,11-13H2,1-3H3,(H,19,21). The molecule has 2 rings (SSSR count). The Balaban J connectivity index is 1.95. The van der Waals surface area contributed by atoms with Crippen molar-refractivity contribution in [2.24, 2.45) is 0 Å². The summed E-state index contributed by atoms with van der Waals surface area (Å²) in [4.78, 5) is 13.9. The van der Waals surface area contributed by atoms with Crippen molar-refractivity contribution in [2.45, 2.75) is 19.4 Å². The molecule has 0 radical (unpaired) electrons. The zero-order valence-electron chi connectivity index (χ0n) is 13.5. The highest BCUT2D eigenvalue weighted by Crippen LogP contribution is 2.19. The monoisotopic (exact) mass is 316 g/mol. The molecule has 2 amide bonds. The normalized spacial score (nSPS) is 12.1. The maximum atomic E-state index is 12.1. The van der Waals surface area contributed by atoms with Crippen LogP contribution < -0.4 is 5.32 Å². The van der Waals surface area contributed by atoms with Crippen LogP contribution in [0.2, 0.25) is 0 Å². The van der Waals surface area contributed by atoms with Gasteiger partial charge in [0.05, 0.1) is 0 Å². The van der Waals surface area contributed by atoms with Crippen LogP contribution in [0.15, 0.2) is 42.5 Å². The number of amides is 2. The molecule has 118 valence electrons. The summed E-state index contributed by atoms with van der Waals surface area (Å²) in [5, 5.41) is 5.54. The fraction of sp³-hybridized carbons (Fsp3) is 0.389. The lowest BCUT2D eigenvalue weighted by Crippen LogP contribution is -2.43. The summed E-state index contributed by atoms with van der Waals surface area (Å²) in [7, 11) is 1.85.